The lowest BCUT2D eigenvalue weighted by Gasteiger charge is -2.08. The van der Waals surface area contributed by atoms with Crippen molar-refractivity contribution in [3.8, 4) is 0 Å². The molecule has 0 aliphatic heterocycles. The number of amides is 1. The van der Waals surface area contributed by atoms with Gasteiger partial charge in [-0.15, -0.1) is 0 Å². The third-order valence-corrected chi connectivity index (χ3v) is 3.17. The Labute approximate surface area is 131 Å². The molecule has 0 radical (unpaired) electrons. The van der Waals surface area contributed by atoms with Crippen molar-refractivity contribution in [2.75, 3.05) is 6.54 Å². The molecule has 0 unspecified atom stereocenters. The van der Waals surface area contributed by atoms with Crippen molar-refractivity contribution in [1.29, 1.82) is 0 Å². The van der Waals surface area contributed by atoms with Crippen LogP contribution in [0.15, 0.2) is 35.1 Å². The van der Waals surface area contributed by atoms with E-state index in [1.54, 1.807) is 19.1 Å². The van der Waals surface area contributed by atoms with Gasteiger partial charge in [-0.05, 0) is 31.2 Å². The smallest absolute Gasteiger partial charge is 0.266 e. The van der Waals surface area contributed by atoms with Gasteiger partial charge in [0.1, 0.15) is 0 Å². The summed E-state index contributed by atoms with van der Waals surface area (Å²) in [6.45, 7) is 2.36. The lowest BCUT2D eigenvalue weighted by Crippen LogP contribution is -2.32. The van der Waals surface area contributed by atoms with Gasteiger partial charge in [-0.1, -0.05) is 23.2 Å². The Morgan fingerprint density at radius 1 is 1.24 bits per heavy atom. The average molecular weight is 326 g/mol. The molecule has 2 aromatic rings. The van der Waals surface area contributed by atoms with E-state index >= 15 is 0 Å². The largest absolute Gasteiger partial charge is 0.350 e. The summed E-state index contributed by atoms with van der Waals surface area (Å²) < 4.78 is 1.31. The molecule has 21 heavy (non-hydrogen) atoms. The highest BCUT2D eigenvalue weighted by Gasteiger charge is 2.07. The number of hydrogen-bond acceptors (Lipinski definition) is 3. The Hall–Kier alpha value is -1.85. The average Bonchev–Trinajstić information content (AvgIpc) is 2.41. The van der Waals surface area contributed by atoms with E-state index < -0.39 is 0 Å². The van der Waals surface area contributed by atoms with Crippen molar-refractivity contribution >= 4 is 29.1 Å². The van der Waals surface area contributed by atoms with Crippen LogP contribution in [0.1, 0.15) is 16.1 Å². The maximum absolute atomic E-state index is 12.0. The third kappa shape index (κ3) is 4.31. The number of benzene rings is 1. The van der Waals surface area contributed by atoms with Crippen molar-refractivity contribution in [3.63, 3.8) is 0 Å². The molecule has 5 nitrogen and oxygen atoms in total. The zero-order valence-corrected chi connectivity index (χ0v) is 12.8. The monoisotopic (exact) mass is 325 g/mol. The second-order valence-electron chi connectivity index (χ2n) is 4.45. The molecule has 2 rings (SSSR count). The fraction of sp³-hybridized carbons (Fsp3) is 0.214. The third-order valence-electron chi connectivity index (χ3n) is 2.73. The summed E-state index contributed by atoms with van der Waals surface area (Å²) in [5.41, 5.74) is 0.903. The van der Waals surface area contributed by atoms with Crippen LogP contribution in [0, 0.1) is 6.92 Å². The van der Waals surface area contributed by atoms with E-state index in [4.69, 9.17) is 23.2 Å². The molecule has 0 fully saturated rings. The second kappa shape index (κ2) is 6.74. The summed E-state index contributed by atoms with van der Waals surface area (Å²) in [5.74, 6) is -0.305. The number of nitrogens with one attached hydrogen (secondary N) is 1. The number of carbonyl (C=O) groups is 1. The van der Waals surface area contributed by atoms with E-state index in [9.17, 15) is 9.59 Å². The number of aryl methyl sites for hydroxylation is 1. The highest BCUT2D eigenvalue weighted by Crippen LogP contribution is 2.18. The van der Waals surface area contributed by atoms with Crippen LogP contribution >= 0.6 is 23.2 Å². The fourth-order valence-corrected chi connectivity index (χ4v) is 2.30. The minimum atomic E-state index is -0.305. The van der Waals surface area contributed by atoms with Gasteiger partial charge >= 0.3 is 0 Å². The fourth-order valence-electron chi connectivity index (χ4n) is 1.77. The zero-order valence-electron chi connectivity index (χ0n) is 11.3. The Bertz CT molecular complexity index is 708. The van der Waals surface area contributed by atoms with Gasteiger partial charge in [-0.3, -0.25) is 9.59 Å². The van der Waals surface area contributed by atoms with Crippen LogP contribution in [0.25, 0.3) is 0 Å². The van der Waals surface area contributed by atoms with E-state index in [1.807, 2.05) is 0 Å². The Balaban J connectivity index is 1.98. The van der Waals surface area contributed by atoms with Crippen LogP contribution in [0.3, 0.4) is 0 Å². The molecule has 0 bridgehead atoms. The first-order valence-electron chi connectivity index (χ1n) is 6.25. The summed E-state index contributed by atoms with van der Waals surface area (Å²) in [6, 6.07) is 7.70. The molecular formula is C14H13Cl2N3O2. The van der Waals surface area contributed by atoms with Crippen LogP contribution in [0.5, 0.6) is 0 Å². The molecule has 1 heterocycles. The van der Waals surface area contributed by atoms with Crippen molar-refractivity contribution in [1.82, 2.24) is 15.1 Å². The number of carbonyl (C=O) groups excluding carboxylic acids is 1. The molecule has 0 atom stereocenters. The van der Waals surface area contributed by atoms with Crippen molar-refractivity contribution in [2.24, 2.45) is 0 Å². The molecule has 7 heteroatoms. The first-order valence-corrected chi connectivity index (χ1v) is 7.00. The Morgan fingerprint density at radius 2 is 1.90 bits per heavy atom. The number of nitrogens with zero attached hydrogens (tertiary/aromatic N) is 2. The molecule has 110 valence electrons. The van der Waals surface area contributed by atoms with Gasteiger partial charge in [-0.25, -0.2) is 4.68 Å². The van der Waals surface area contributed by atoms with Gasteiger partial charge in [-0.2, -0.15) is 5.10 Å². The molecule has 0 aliphatic rings. The van der Waals surface area contributed by atoms with Crippen LogP contribution < -0.4 is 10.9 Å². The summed E-state index contributed by atoms with van der Waals surface area (Å²) >= 11 is 11.7. The summed E-state index contributed by atoms with van der Waals surface area (Å²) in [6.07, 6.45) is 0. The number of halogens is 2. The van der Waals surface area contributed by atoms with Crippen molar-refractivity contribution in [2.45, 2.75) is 13.5 Å². The standard InChI is InChI=1S/C14H13Cl2N3O2/c1-9-2-3-13(20)19(18-9)5-4-17-14(21)10-6-11(15)8-12(16)7-10/h2-3,6-8H,4-5H2,1H3,(H,17,21). The van der Waals surface area contributed by atoms with Crippen LogP contribution in [-0.4, -0.2) is 22.2 Å². The SMILES string of the molecule is Cc1ccc(=O)n(CCNC(=O)c2cc(Cl)cc(Cl)c2)n1. The molecule has 0 aliphatic carbocycles. The molecule has 1 amide bonds. The first kappa shape index (κ1) is 15.5. The quantitative estimate of drug-likeness (QED) is 0.938. The lowest BCUT2D eigenvalue weighted by molar-refractivity contribution is 0.0951. The highest BCUT2D eigenvalue weighted by molar-refractivity contribution is 6.35. The van der Waals surface area contributed by atoms with Gasteiger partial charge in [0.05, 0.1) is 12.2 Å². The molecule has 1 N–H and O–H groups in total. The summed E-state index contributed by atoms with van der Waals surface area (Å²) in [4.78, 5) is 23.5. The predicted molar refractivity (Wildman–Crippen MR) is 82.0 cm³/mol. The van der Waals surface area contributed by atoms with Gasteiger partial charge in [0, 0.05) is 28.2 Å². The number of aromatic nitrogens is 2. The lowest BCUT2D eigenvalue weighted by atomic mass is 10.2. The van der Waals surface area contributed by atoms with Gasteiger partial charge in [0.25, 0.3) is 11.5 Å². The zero-order chi connectivity index (χ0) is 15.4. The van der Waals surface area contributed by atoms with Crippen molar-refractivity contribution < 1.29 is 4.79 Å². The van der Waals surface area contributed by atoms with E-state index in [0.29, 0.717) is 22.2 Å². The maximum atomic E-state index is 12.0. The van der Waals surface area contributed by atoms with Gasteiger partial charge < -0.3 is 5.32 Å². The predicted octanol–water partition coefficient (Wildman–Crippen LogP) is 2.29. The second-order valence-corrected chi connectivity index (χ2v) is 5.32. The maximum Gasteiger partial charge on any atom is 0.266 e. The molecule has 1 aromatic carbocycles. The van der Waals surface area contributed by atoms with E-state index in [1.165, 1.54) is 22.9 Å². The summed E-state index contributed by atoms with van der Waals surface area (Å²) in [5, 5.41) is 7.56. The van der Waals surface area contributed by atoms with E-state index in [2.05, 4.69) is 10.4 Å². The van der Waals surface area contributed by atoms with Gasteiger partial charge in [0.2, 0.25) is 0 Å². The molecule has 0 saturated heterocycles. The van der Waals surface area contributed by atoms with Crippen LogP contribution in [0.2, 0.25) is 10.0 Å². The normalized spacial score (nSPS) is 10.4. The summed E-state index contributed by atoms with van der Waals surface area (Å²) in [7, 11) is 0. The molecule has 0 saturated carbocycles. The number of rotatable bonds is 4. The highest BCUT2D eigenvalue weighted by atomic mass is 35.5. The van der Waals surface area contributed by atoms with E-state index in [-0.39, 0.29) is 18.0 Å². The topological polar surface area (TPSA) is 64.0 Å². The molecule has 0 spiro atoms. The van der Waals surface area contributed by atoms with Crippen LogP contribution in [-0.2, 0) is 6.54 Å². The van der Waals surface area contributed by atoms with E-state index in [0.717, 1.165) is 5.69 Å². The van der Waals surface area contributed by atoms with Crippen LogP contribution in [0.4, 0.5) is 0 Å². The molecule has 1 aromatic heterocycles. The Morgan fingerprint density at radius 3 is 2.57 bits per heavy atom. The Kier molecular flexibility index (Phi) is 4.98. The minimum Gasteiger partial charge on any atom is -0.350 e. The number of hydrogen-bond donors (Lipinski definition) is 1. The minimum absolute atomic E-state index is 0.208. The van der Waals surface area contributed by atoms with Crippen molar-refractivity contribution in [3.05, 3.63) is 62.0 Å². The van der Waals surface area contributed by atoms with Gasteiger partial charge in [0.15, 0.2) is 0 Å². The first-order chi connectivity index (χ1) is 9.95. The molecular weight excluding hydrogens is 313 g/mol.